The van der Waals surface area contributed by atoms with E-state index in [1.165, 1.54) is 13.4 Å². The van der Waals surface area contributed by atoms with E-state index in [1.54, 1.807) is 0 Å². The van der Waals surface area contributed by atoms with Crippen LogP contribution in [0.2, 0.25) is 0 Å². The fraction of sp³-hybridized carbons (Fsp3) is 0.250. The molecule has 0 saturated carbocycles. The maximum atomic E-state index is 10.9. The highest BCUT2D eigenvalue weighted by molar-refractivity contribution is 9.10. The Labute approximate surface area is 103 Å². The molecule has 3 nitrogen and oxygen atoms in total. The molecule has 1 rings (SSSR count). The quantitative estimate of drug-likeness (QED) is 0.683. The molecule has 0 fully saturated rings. The molecule has 0 saturated heterocycles. The Morgan fingerprint density at radius 3 is 2.81 bits per heavy atom. The number of aliphatic carboxylic acids is 1. The highest BCUT2D eigenvalue weighted by Gasteiger charge is 2.10. The van der Waals surface area contributed by atoms with Crippen molar-refractivity contribution in [3.63, 3.8) is 0 Å². The standard InChI is InChI=1S/C12H13BrO3/c1-8-3-4-11(13)6-9(8)5-10(7-16-2)12(14)15/h3-4,6-7H,5H2,1-2H3,(H,14,15)/b10-7+. The predicted molar refractivity (Wildman–Crippen MR) is 65.3 cm³/mol. The van der Waals surface area contributed by atoms with E-state index >= 15 is 0 Å². The summed E-state index contributed by atoms with van der Waals surface area (Å²) in [5, 5.41) is 8.97. The Kier molecular flexibility index (Phi) is 4.55. The molecule has 1 aromatic rings. The third kappa shape index (κ3) is 3.38. The number of ether oxygens (including phenoxy) is 1. The van der Waals surface area contributed by atoms with Crippen LogP contribution in [0.15, 0.2) is 34.5 Å². The van der Waals surface area contributed by atoms with Gasteiger partial charge in [0.2, 0.25) is 0 Å². The van der Waals surface area contributed by atoms with Gasteiger partial charge in [-0.25, -0.2) is 4.79 Å². The van der Waals surface area contributed by atoms with Crippen molar-refractivity contribution >= 4 is 21.9 Å². The summed E-state index contributed by atoms with van der Waals surface area (Å²) in [5.74, 6) is -0.957. The van der Waals surface area contributed by atoms with Crippen LogP contribution in [-0.4, -0.2) is 18.2 Å². The van der Waals surface area contributed by atoms with E-state index in [1.807, 2.05) is 25.1 Å². The fourth-order valence-electron chi connectivity index (χ4n) is 1.35. The molecule has 0 aliphatic rings. The van der Waals surface area contributed by atoms with Gasteiger partial charge >= 0.3 is 5.97 Å². The molecule has 0 atom stereocenters. The topological polar surface area (TPSA) is 46.5 Å². The summed E-state index contributed by atoms with van der Waals surface area (Å²) < 4.78 is 5.69. The fourth-order valence-corrected chi connectivity index (χ4v) is 1.75. The lowest BCUT2D eigenvalue weighted by Crippen LogP contribution is -2.05. The average Bonchev–Trinajstić information content (AvgIpc) is 2.22. The van der Waals surface area contributed by atoms with Crippen LogP contribution < -0.4 is 0 Å². The van der Waals surface area contributed by atoms with Gasteiger partial charge in [0.25, 0.3) is 0 Å². The number of carboxylic acids is 1. The Balaban J connectivity index is 2.98. The number of carbonyl (C=O) groups is 1. The highest BCUT2D eigenvalue weighted by atomic mass is 79.9. The first-order valence-corrected chi connectivity index (χ1v) is 5.54. The van der Waals surface area contributed by atoms with Crippen LogP contribution in [0.3, 0.4) is 0 Å². The maximum Gasteiger partial charge on any atom is 0.335 e. The Bertz CT molecular complexity index is 424. The van der Waals surface area contributed by atoms with Crippen molar-refractivity contribution in [2.24, 2.45) is 0 Å². The van der Waals surface area contributed by atoms with Gasteiger partial charge in [-0.2, -0.15) is 0 Å². The van der Waals surface area contributed by atoms with Crippen LogP contribution in [-0.2, 0) is 16.0 Å². The summed E-state index contributed by atoms with van der Waals surface area (Å²) in [4.78, 5) is 10.9. The number of methoxy groups -OCH3 is 1. The minimum atomic E-state index is -0.957. The molecule has 0 heterocycles. The maximum absolute atomic E-state index is 10.9. The minimum absolute atomic E-state index is 0.240. The zero-order chi connectivity index (χ0) is 12.1. The molecular weight excluding hydrogens is 272 g/mol. The van der Waals surface area contributed by atoms with E-state index in [0.29, 0.717) is 6.42 Å². The van der Waals surface area contributed by atoms with Crippen LogP contribution >= 0.6 is 15.9 Å². The molecule has 0 aliphatic carbocycles. The van der Waals surface area contributed by atoms with E-state index in [-0.39, 0.29) is 5.57 Å². The molecule has 0 unspecified atom stereocenters. The van der Waals surface area contributed by atoms with Gasteiger partial charge in [-0.15, -0.1) is 0 Å². The van der Waals surface area contributed by atoms with E-state index in [2.05, 4.69) is 15.9 Å². The van der Waals surface area contributed by atoms with Gasteiger partial charge in [-0.05, 0) is 30.2 Å². The van der Waals surface area contributed by atoms with Gasteiger partial charge in [-0.3, -0.25) is 0 Å². The SMILES string of the molecule is CO/C=C(\Cc1cc(Br)ccc1C)C(=O)O. The highest BCUT2D eigenvalue weighted by Crippen LogP contribution is 2.19. The van der Waals surface area contributed by atoms with Gasteiger partial charge in [0.1, 0.15) is 0 Å². The third-order valence-corrected chi connectivity index (χ3v) is 2.72. The van der Waals surface area contributed by atoms with E-state index in [0.717, 1.165) is 15.6 Å². The van der Waals surface area contributed by atoms with Gasteiger partial charge in [-0.1, -0.05) is 22.0 Å². The smallest absolute Gasteiger partial charge is 0.335 e. The van der Waals surface area contributed by atoms with Gasteiger partial charge < -0.3 is 9.84 Å². The molecular formula is C12H13BrO3. The Morgan fingerprint density at radius 2 is 2.25 bits per heavy atom. The second-order valence-electron chi connectivity index (χ2n) is 3.43. The van der Waals surface area contributed by atoms with Crippen molar-refractivity contribution in [2.45, 2.75) is 13.3 Å². The second kappa shape index (κ2) is 5.70. The zero-order valence-corrected chi connectivity index (χ0v) is 10.7. The van der Waals surface area contributed by atoms with E-state index in [4.69, 9.17) is 9.84 Å². The van der Waals surface area contributed by atoms with Crippen LogP contribution in [0.25, 0.3) is 0 Å². The summed E-state index contributed by atoms with van der Waals surface area (Å²) in [6.45, 7) is 1.95. The molecule has 1 N–H and O–H groups in total. The Hall–Kier alpha value is -1.29. The average molecular weight is 285 g/mol. The van der Waals surface area contributed by atoms with Crippen molar-refractivity contribution in [1.29, 1.82) is 0 Å². The molecule has 1 aromatic carbocycles. The predicted octanol–water partition coefficient (Wildman–Crippen LogP) is 2.91. The Morgan fingerprint density at radius 1 is 1.56 bits per heavy atom. The van der Waals surface area contributed by atoms with Crippen molar-refractivity contribution in [3.05, 3.63) is 45.6 Å². The molecule has 0 spiro atoms. The number of halogens is 1. The van der Waals surface area contributed by atoms with Crippen molar-refractivity contribution in [3.8, 4) is 0 Å². The lowest BCUT2D eigenvalue weighted by molar-refractivity contribution is -0.132. The molecule has 0 bridgehead atoms. The summed E-state index contributed by atoms with van der Waals surface area (Å²) in [5.41, 5.74) is 2.27. The van der Waals surface area contributed by atoms with Gasteiger partial charge in [0.15, 0.2) is 0 Å². The monoisotopic (exact) mass is 284 g/mol. The summed E-state index contributed by atoms with van der Waals surface area (Å²) >= 11 is 3.36. The van der Waals surface area contributed by atoms with Gasteiger partial charge in [0, 0.05) is 10.9 Å². The van der Waals surface area contributed by atoms with E-state index in [9.17, 15) is 4.79 Å². The first-order valence-electron chi connectivity index (χ1n) is 4.74. The molecule has 0 amide bonds. The number of hydrogen-bond donors (Lipinski definition) is 1. The molecule has 4 heteroatoms. The molecule has 0 aromatic heterocycles. The molecule has 0 aliphatic heterocycles. The lowest BCUT2D eigenvalue weighted by atomic mass is 10.0. The normalized spacial score (nSPS) is 11.3. The van der Waals surface area contributed by atoms with Crippen molar-refractivity contribution in [1.82, 2.24) is 0 Å². The molecule has 86 valence electrons. The first kappa shape index (κ1) is 12.8. The van der Waals surface area contributed by atoms with Crippen LogP contribution in [0.1, 0.15) is 11.1 Å². The van der Waals surface area contributed by atoms with Gasteiger partial charge in [0.05, 0.1) is 18.9 Å². The zero-order valence-electron chi connectivity index (χ0n) is 9.16. The van der Waals surface area contributed by atoms with Crippen LogP contribution in [0.5, 0.6) is 0 Å². The third-order valence-electron chi connectivity index (χ3n) is 2.23. The van der Waals surface area contributed by atoms with Crippen molar-refractivity contribution in [2.75, 3.05) is 7.11 Å². The summed E-state index contributed by atoms with van der Waals surface area (Å²) in [6.07, 6.45) is 1.62. The molecule has 16 heavy (non-hydrogen) atoms. The number of hydrogen-bond acceptors (Lipinski definition) is 2. The summed E-state index contributed by atoms with van der Waals surface area (Å²) in [6, 6.07) is 5.80. The van der Waals surface area contributed by atoms with E-state index < -0.39 is 5.97 Å². The minimum Gasteiger partial charge on any atom is -0.504 e. The number of carboxylic acid groups (broad SMARTS) is 1. The lowest BCUT2D eigenvalue weighted by Gasteiger charge is -2.07. The van der Waals surface area contributed by atoms with Crippen molar-refractivity contribution < 1.29 is 14.6 Å². The second-order valence-corrected chi connectivity index (χ2v) is 4.35. The largest absolute Gasteiger partial charge is 0.504 e. The van der Waals surface area contributed by atoms with Crippen LogP contribution in [0.4, 0.5) is 0 Å². The first-order chi connectivity index (χ1) is 7.54. The molecule has 0 radical (unpaired) electrons. The van der Waals surface area contributed by atoms with Crippen LogP contribution in [0, 0.1) is 6.92 Å². The number of aryl methyl sites for hydroxylation is 1. The summed E-state index contributed by atoms with van der Waals surface area (Å²) in [7, 11) is 1.44. The number of benzene rings is 1. The number of rotatable bonds is 4.